The van der Waals surface area contributed by atoms with Crippen LogP contribution in [0.4, 0.5) is 0 Å². The van der Waals surface area contributed by atoms with E-state index in [2.05, 4.69) is 11.1 Å². The molecule has 0 spiro atoms. The number of unbranched alkanes of at least 4 members (excludes halogenated alkanes) is 9. The third kappa shape index (κ3) is 77.6. The second-order valence-electron chi connectivity index (χ2n) is 4.86. The normalized spacial score (nSPS) is 9.32. The predicted octanol–water partition coefficient (Wildman–Crippen LogP) is -7.84. The molecule has 0 saturated carbocycles. The van der Waals surface area contributed by atoms with Gasteiger partial charge in [0.2, 0.25) is 10.4 Å². The molecule has 4 N–H and O–H groups in total. The molecule has 0 bridgehead atoms. The Bertz CT molecular complexity index is 394. The molecular formula is C12H29Ca2Na2O10PS+2. The van der Waals surface area contributed by atoms with Crippen molar-refractivity contribution in [3.05, 3.63) is 0 Å². The summed E-state index contributed by atoms with van der Waals surface area (Å²) in [5.74, 6) is 0. The van der Waals surface area contributed by atoms with Gasteiger partial charge in [0, 0.05) is 0 Å². The third-order valence-corrected chi connectivity index (χ3v) is 3.18. The first-order chi connectivity index (χ1) is 10.1. The fraction of sp³-hybridized carbons (Fsp3) is 1.00. The summed E-state index contributed by atoms with van der Waals surface area (Å²) >= 11 is 0. The molecule has 0 saturated heterocycles. The Labute approximate surface area is 273 Å². The average molecular weight is 523 g/mol. The van der Waals surface area contributed by atoms with Crippen molar-refractivity contribution in [2.24, 2.45) is 0 Å². The molecule has 28 heavy (non-hydrogen) atoms. The molecule has 0 aliphatic rings. The second kappa shape index (κ2) is 36.0. The molecule has 0 heterocycles. The van der Waals surface area contributed by atoms with Crippen LogP contribution in [0.1, 0.15) is 71.1 Å². The van der Waals surface area contributed by atoms with Gasteiger partial charge in [-0.05, 0) is 6.42 Å². The average Bonchev–Trinajstić information content (AvgIpc) is 2.32. The Balaban J connectivity index is -0.0000000543. The van der Waals surface area contributed by atoms with Gasteiger partial charge in [0.25, 0.3) is 0 Å². The summed E-state index contributed by atoms with van der Waals surface area (Å²) in [6, 6.07) is 0. The number of phosphoric acid groups is 1. The van der Waals surface area contributed by atoms with Gasteiger partial charge in [-0.15, -0.1) is 0 Å². The predicted molar refractivity (Wildman–Crippen MR) is 93.8 cm³/mol. The van der Waals surface area contributed by atoms with E-state index in [1.165, 1.54) is 44.9 Å². The van der Waals surface area contributed by atoms with E-state index in [0.717, 1.165) is 12.8 Å². The molecule has 0 rings (SSSR count). The maximum atomic E-state index is 10.1. The minimum atomic E-state index is -5.39. The minimum absolute atomic E-state index is 0. The zero-order valence-corrected chi connectivity index (χ0v) is 27.4. The molecule has 0 aliphatic carbocycles. The van der Waals surface area contributed by atoms with Crippen molar-refractivity contribution < 1.29 is 106 Å². The van der Waals surface area contributed by atoms with Crippen molar-refractivity contribution in [3.63, 3.8) is 0 Å². The summed E-state index contributed by atoms with van der Waals surface area (Å²) in [5.41, 5.74) is 0. The minimum Gasteiger partial charge on any atom is -0.822 e. The van der Waals surface area contributed by atoms with Gasteiger partial charge < -0.3 is 34.8 Å². The van der Waals surface area contributed by atoms with Crippen molar-refractivity contribution in [3.8, 4) is 0 Å². The number of hydrogen-bond donors (Lipinski definition) is 0. The maximum absolute atomic E-state index is 10.1. The smallest absolute Gasteiger partial charge is 0.822 e. The summed E-state index contributed by atoms with van der Waals surface area (Å²) in [6.07, 6.45) is 11.7. The maximum Gasteiger partial charge on any atom is 2.00 e. The molecule has 16 heteroatoms. The topological polar surface area (TPSA) is 216 Å². The summed E-state index contributed by atoms with van der Waals surface area (Å²) in [6.45, 7) is 2.24. The molecule has 0 amide bonds. The molecule has 10 nitrogen and oxygen atoms in total. The summed E-state index contributed by atoms with van der Waals surface area (Å²) in [7, 11) is -9.87. The van der Waals surface area contributed by atoms with Crippen LogP contribution in [0.3, 0.4) is 0 Å². The first-order valence-corrected chi connectivity index (χ1v) is 10.2. The zero-order chi connectivity index (χ0) is 17.5. The largest absolute Gasteiger partial charge is 2.00 e. The molecule has 0 aliphatic heterocycles. The first kappa shape index (κ1) is 53.7. The fourth-order valence-corrected chi connectivity index (χ4v) is 2.07. The van der Waals surface area contributed by atoms with Crippen molar-refractivity contribution >= 4 is 93.7 Å². The first-order valence-electron chi connectivity index (χ1n) is 7.39. The molecule has 0 fully saturated rings. The Kier molecular flexibility index (Phi) is 69.0. The Morgan fingerprint density at radius 1 is 0.750 bits per heavy atom. The van der Waals surface area contributed by atoms with E-state index in [4.69, 9.17) is 19.2 Å². The van der Waals surface area contributed by atoms with E-state index in [-0.39, 0.29) is 152 Å². The summed E-state index contributed by atoms with van der Waals surface area (Å²) < 4.78 is 43.0. The number of hydrogen-bond acceptors (Lipinski definition) is 8. The van der Waals surface area contributed by atoms with Crippen LogP contribution in [0.15, 0.2) is 0 Å². The Morgan fingerprint density at radius 3 is 1.25 bits per heavy atom. The third-order valence-electron chi connectivity index (χ3n) is 2.73. The van der Waals surface area contributed by atoms with Crippen LogP contribution in [0.2, 0.25) is 0 Å². The SMILES string of the molecule is CCCCCCCCCCCCOS(=O)(=O)[O-].O.O.O=P([O-])([O-])[O-].[Ca+2].[Ca+2].[Na+].[Na+]. The summed E-state index contributed by atoms with van der Waals surface area (Å²) in [4.78, 5) is 25.6. The van der Waals surface area contributed by atoms with Crippen molar-refractivity contribution in [2.45, 2.75) is 71.1 Å². The van der Waals surface area contributed by atoms with E-state index in [0.29, 0.717) is 6.42 Å². The molecular weight excluding hydrogens is 493 g/mol. The Morgan fingerprint density at radius 2 is 1.00 bits per heavy atom. The molecule has 0 radical (unpaired) electrons. The molecule has 0 aromatic heterocycles. The quantitative estimate of drug-likeness (QED) is 0.0786. The van der Waals surface area contributed by atoms with Crippen molar-refractivity contribution in [1.29, 1.82) is 0 Å². The molecule has 0 aromatic rings. The van der Waals surface area contributed by atoms with Crippen LogP contribution in [-0.2, 0) is 19.1 Å². The van der Waals surface area contributed by atoms with Gasteiger partial charge in [-0.1, -0.05) is 64.7 Å². The fourth-order valence-electron chi connectivity index (χ4n) is 1.75. The van der Waals surface area contributed by atoms with E-state index in [1.54, 1.807) is 0 Å². The summed E-state index contributed by atoms with van der Waals surface area (Å²) in [5, 5.41) is 0. The molecule has 0 atom stereocenters. The number of rotatable bonds is 12. The van der Waals surface area contributed by atoms with Gasteiger partial charge in [0.15, 0.2) is 0 Å². The Hall–Kier alpha value is 4.42. The van der Waals surface area contributed by atoms with E-state index in [1.807, 2.05) is 0 Å². The van der Waals surface area contributed by atoms with E-state index >= 15 is 0 Å². The van der Waals surface area contributed by atoms with Crippen molar-refractivity contribution in [1.82, 2.24) is 0 Å². The van der Waals surface area contributed by atoms with Crippen molar-refractivity contribution in [2.75, 3.05) is 6.61 Å². The van der Waals surface area contributed by atoms with Gasteiger partial charge in [0.1, 0.15) is 0 Å². The van der Waals surface area contributed by atoms with Gasteiger partial charge in [0.05, 0.1) is 6.61 Å². The van der Waals surface area contributed by atoms with Crippen LogP contribution >= 0.6 is 7.82 Å². The van der Waals surface area contributed by atoms with Gasteiger partial charge in [-0.3, -0.25) is 4.18 Å². The van der Waals surface area contributed by atoms with Crippen LogP contribution in [0.25, 0.3) is 0 Å². The zero-order valence-electron chi connectivity index (χ0n) is 17.3. The second-order valence-corrected chi connectivity index (χ2v) is 6.81. The van der Waals surface area contributed by atoms with E-state index in [9.17, 15) is 13.0 Å². The van der Waals surface area contributed by atoms with Crippen LogP contribution in [0.5, 0.6) is 0 Å². The molecule has 0 aromatic carbocycles. The monoisotopic (exact) mass is 522 g/mol. The van der Waals surface area contributed by atoms with Gasteiger partial charge >= 0.3 is 135 Å². The van der Waals surface area contributed by atoms with Crippen LogP contribution in [-0.4, -0.2) is 106 Å². The molecule has 152 valence electrons. The molecule has 0 unspecified atom stereocenters. The van der Waals surface area contributed by atoms with Gasteiger partial charge in [-0.2, -0.15) is 7.82 Å². The van der Waals surface area contributed by atoms with Gasteiger partial charge in [-0.25, -0.2) is 8.42 Å². The van der Waals surface area contributed by atoms with Crippen LogP contribution in [0, 0.1) is 0 Å². The van der Waals surface area contributed by atoms with E-state index < -0.39 is 18.2 Å². The standard InChI is InChI=1S/C12H26O4S.2Ca.2Na.H3O4P.2H2O/c1-2-3-4-5-6-7-8-9-10-11-12-16-17(13,14)15;;;;;1-5(2,3)4;;/h2-12H2,1H3,(H,13,14,15);;;;;(H3,1,2,3,4);2*1H2/q;2*+2;2*+1;;;/p-4. The van der Waals surface area contributed by atoms with Crippen LogP contribution < -0.4 is 73.8 Å².